The number of benzene rings is 2. The standard InChI is InChI=1S/C14H14F3N2P/c1-20(15,16,17)10-19-14-9-12(7-8-13(14)18)11-5-3-2-4-6-11/h2-10H,18H2,1H3. The normalized spacial score (nSPS) is 14.1. The van der Waals surface area contributed by atoms with E-state index in [4.69, 9.17) is 5.73 Å². The van der Waals surface area contributed by atoms with E-state index in [1.54, 1.807) is 18.2 Å². The van der Waals surface area contributed by atoms with Crippen LogP contribution in [0.3, 0.4) is 0 Å². The first-order valence-electron chi connectivity index (χ1n) is 5.88. The number of hydrogen-bond donors (Lipinski definition) is 1. The molecule has 2 rings (SSSR count). The van der Waals surface area contributed by atoms with Crippen molar-refractivity contribution in [2.75, 3.05) is 12.4 Å². The van der Waals surface area contributed by atoms with E-state index in [1.807, 2.05) is 30.3 Å². The van der Waals surface area contributed by atoms with Crippen LogP contribution in [0.25, 0.3) is 11.1 Å². The molecule has 0 saturated carbocycles. The van der Waals surface area contributed by atoms with Crippen LogP contribution in [0.1, 0.15) is 0 Å². The molecule has 2 aromatic carbocycles. The number of hydrogen-bond acceptors (Lipinski definition) is 2. The van der Waals surface area contributed by atoms with Crippen molar-refractivity contribution in [3.63, 3.8) is 0 Å². The van der Waals surface area contributed by atoms with Gasteiger partial charge in [0.1, 0.15) is 0 Å². The minimum atomic E-state index is -6.27. The second-order valence-electron chi connectivity index (χ2n) is 4.63. The van der Waals surface area contributed by atoms with Crippen LogP contribution in [0.2, 0.25) is 0 Å². The molecular weight excluding hydrogens is 284 g/mol. The van der Waals surface area contributed by atoms with Crippen LogP contribution in [0.15, 0.2) is 53.5 Å². The summed E-state index contributed by atoms with van der Waals surface area (Å²) < 4.78 is 38.8. The summed E-state index contributed by atoms with van der Waals surface area (Å²) in [5, 5.41) is 0. The van der Waals surface area contributed by atoms with E-state index in [2.05, 4.69) is 4.99 Å². The van der Waals surface area contributed by atoms with E-state index in [1.165, 1.54) is 0 Å². The molecule has 2 aromatic rings. The Morgan fingerprint density at radius 3 is 2.25 bits per heavy atom. The molecule has 0 aliphatic carbocycles. The topological polar surface area (TPSA) is 38.4 Å². The third-order valence-electron chi connectivity index (χ3n) is 2.58. The number of nitrogen functional groups attached to an aromatic ring is 1. The molecule has 0 amide bonds. The third-order valence-corrected chi connectivity index (χ3v) is 3.19. The summed E-state index contributed by atoms with van der Waals surface area (Å²) in [6, 6.07) is 14.2. The van der Waals surface area contributed by atoms with Gasteiger partial charge in [-0.05, 0) is 0 Å². The number of rotatable bonds is 3. The minimum absolute atomic E-state index is 0.0894. The quantitative estimate of drug-likeness (QED) is 0.458. The average molecular weight is 298 g/mol. The van der Waals surface area contributed by atoms with Gasteiger partial charge in [-0.25, -0.2) is 0 Å². The zero-order valence-corrected chi connectivity index (χ0v) is 11.7. The maximum atomic E-state index is 12.9. The van der Waals surface area contributed by atoms with Gasteiger partial charge < -0.3 is 0 Å². The molecule has 0 unspecified atom stereocenters. The zero-order chi connectivity index (χ0) is 14.8. The predicted octanol–water partition coefficient (Wildman–Crippen LogP) is 5.43. The van der Waals surface area contributed by atoms with Gasteiger partial charge >= 0.3 is 115 Å². The first-order valence-corrected chi connectivity index (χ1v) is 8.31. The first-order chi connectivity index (χ1) is 9.21. The van der Waals surface area contributed by atoms with E-state index in [0.29, 0.717) is 0 Å². The van der Waals surface area contributed by atoms with Gasteiger partial charge in [0, 0.05) is 0 Å². The van der Waals surface area contributed by atoms with E-state index >= 15 is 0 Å². The van der Waals surface area contributed by atoms with Crippen LogP contribution in [0.4, 0.5) is 24.0 Å². The number of anilines is 1. The Balaban J connectivity index is 2.41. The van der Waals surface area contributed by atoms with Crippen LogP contribution in [0, 0.1) is 0 Å². The molecule has 0 aromatic heterocycles. The van der Waals surface area contributed by atoms with Gasteiger partial charge in [0.15, 0.2) is 0 Å². The van der Waals surface area contributed by atoms with E-state index in [-0.39, 0.29) is 24.0 Å². The molecule has 0 bridgehead atoms. The Hall–Kier alpha value is -1.87. The van der Waals surface area contributed by atoms with Crippen molar-refractivity contribution in [2.24, 2.45) is 4.99 Å². The maximum absolute atomic E-state index is 12.9. The number of halogens is 3. The van der Waals surface area contributed by atoms with Crippen molar-refractivity contribution in [3.05, 3.63) is 48.5 Å². The van der Waals surface area contributed by atoms with Gasteiger partial charge in [0.25, 0.3) is 0 Å². The molecule has 0 atom stereocenters. The van der Waals surface area contributed by atoms with Crippen molar-refractivity contribution in [1.29, 1.82) is 0 Å². The van der Waals surface area contributed by atoms with E-state index < -0.39 is 7.54 Å². The molecule has 0 saturated heterocycles. The molecule has 0 spiro atoms. The fourth-order valence-corrected chi connectivity index (χ4v) is 2.02. The third kappa shape index (κ3) is 4.07. The van der Waals surface area contributed by atoms with Crippen LogP contribution < -0.4 is 5.73 Å². The van der Waals surface area contributed by atoms with Crippen molar-refractivity contribution in [3.8, 4) is 11.1 Å². The van der Waals surface area contributed by atoms with Gasteiger partial charge in [0.05, 0.1) is 0 Å². The second-order valence-corrected chi connectivity index (χ2v) is 7.36. The number of aliphatic imine (C=N–C) groups is 1. The average Bonchev–Trinajstić information content (AvgIpc) is 2.37. The molecule has 0 fully saturated rings. The monoisotopic (exact) mass is 298 g/mol. The zero-order valence-electron chi connectivity index (χ0n) is 10.8. The van der Waals surface area contributed by atoms with Crippen molar-refractivity contribution in [1.82, 2.24) is 0 Å². The predicted molar refractivity (Wildman–Crippen MR) is 80.6 cm³/mol. The summed E-state index contributed by atoms with van der Waals surface area (Å²) in [6.07, 6.45) is 0. The Bertz CT molecular complexity index is 639. The summed E-state index contributed by atoms with van der Waals surface area (Å²) >= 11 is 0. The molecule has 2 N–H and O–H groups in total. The molecule has 0 aliphatic heterocycles. The summed E-state index contributed by atoms with van der Waals surface area (Å²) in [5.41, 5.74) is 7.71. The fourth-order valence-electron chi connectivity index (χ4n) is 1.65. The Kier molecular flexibility index (Phi) is 3.57. The van der Waals surface area contributed by atoms with Crippen molar-refractivity contribution < 1.29 is 12.6 Å². The van der Waals surface area contributed by atoms with Gasteiger partial charge in [0.2, 0.25) is 0 Å². The molecule has 20 heavy (non-hydrogen) atoms. The number of nitrogens with two attached hydrogens (primary N) is 1. The molecule has 6 heteroatoms. The Morgan fingerprint density at radius 2 is 1.65 bits per heavy atom. The molecule has 0 heterocycles. The van der Waals surface area contributed by atoms with Crippen LogP contribution in [0.5, 0.6) is 0 Å². The summed E-state index contributed by atoms with van der Waals surface area (Å²) in [7, 11) is -6.27. The molecule has 106 valence electrons. The molecule has 0 radical (unpaired) electrons. The van der Waals surface area contributed by atoms with Gasteiger partial charge in [-0.2, -0.15) is 0 Å². The Morgan fingerprint density at radius 1 is 1.00 bits per heavy atom. The molecule has 0 aliphatic rings. The van der Waals surface area contributed by atoms with Crippen molar-refractivity contribution in [2.45, 2.75) is 0 Å². The van der Waals surface area contributed by atoms with Gasteiger partial charge in [-0.15, -0.1) is 0 Å². The van der Waals surface area contributed by atoms with E-state index in [0.717, 1.165) is 11.1 Å². The summed E-state index contributed by atoms with van der Waals surface area (Å²) in [6.45, 7) is 0.270. The molecular formula is C14H14F3N2P. The van der Waals surface area contributed by atoms with Gasteiger partial charge in [-0.3, -0.25) is 0 Å². The number of nitrogens with zero attached hydrogens (tertiary/aromatic N) is 1. The van der Waals surface area contributed by atoms with Crippen LogP contribution >= 0.6 is 7.54 Å². The van der Waals surface area contributed by atoms with Crippen molar-refractivity contribution >= 4 is 24.9 Å². The van der Waals surface area contributed by atoms with Gasteiger partial charge in [-0.1, -0.05) is 0 Å². The van der Waals surface area contributed by atoms with Crippen LogP contribution in [-0.4, -0.2) is 12.6 Å². The summed E-state index contributed by atoms with van der Waals surface area (Å²) in [4.78, 5) is 3.52. The fraction of sp³-hybridized carbons (Fsp3) is 0.0714. The van der Waals surface area contributed by atoms with Crippen LogP contribution in [-0.2, 0) is 0 Å². The molecule has 2 nitrogen and oxygen atoms in total. The van der Waals surface area contributed by atoms with E-state index in [9.17, 15) is 12.6 Å². The second kappa shape index (κ2) is 4.91. The first kappa shape index (κ1) is 14.5. The Labute approximate surface area is 115 Å². The SMILES string of the molecule is CP(F)(F)(F)C=Nc1cc(-c2ccccc2)ccc1N. The summed E-state index contributed by atoms with van der Waals surface area (Å²) in [5.74, 6) is 0.0894.